The lowest BCUT2D eigenvalue weighted by molar-refractivity contribution is 0.142. The van der Waals surface area contributed by atoms with E-state index in [0.29, 0.717) is 9.92 Å². The molecule has 0 heterocycles. The standard InChI is InChI=1S/C19H22ClNO3S/c1-13-6-8-16(9-7-13)25(22,23)18-17(19(18,11-21)12-24-2)14-4-3-5-15(20)10-14/h3-10,17-18H,11-12,21H2,1-2H3/t17-,18+,19+/m0/s1. The lowest BCUT2D eigenvalue weighted by Crippen LogP contribution is -2.28. The summed E-state index contributed by atoms with van der Waals surface area (Å²) < 4.78 is 31.9. The van der Waals surface area contributed by atoms with E-state index in [1.807, 2.05) is 37.3 Å². The average molecular weight is 380 g/mol. The van der Waals surface area contributed by atoms with Gasteiger partial charge in [0.05, 0.1) is 16.8 Å². The molecule has 0 saturated heterocycles. The first-order valence-electron chi connectivity index (χ1n) is 8.12. The van der Waals surface area contributed by atoms with Crippen molar-refractivity contribution in [3.63, 3.8) is 0 Å². The zero-order valence-corrected chi connectivity index (χ0v) is 15.8. The third-order valence-electron chi connectivity index (χ3n) is 5.06. The molecule has 1 aliphatic rings. The number of halogens is 1. The van der Waals surface area contributed by atoms with Crippen molar-refractivity contribution in [3.05, 3.63) is 64.7 Å². The highest BCUT2D eigenvalue weighted by atomic mass is 35.5. The number of rotatable bonds is 6. The molecule has 0 bridgehead atoms. The molecule has 3 atom stereocenters. The highest BCUT2D eigenvalue weighted by molar-refractivity contribution is 7.92. The van der Waals surface area contributed by atoms with Crippen LogP contribution in [-0.2, 0) is 14.6 Å². The molecule has 0 aliphatic heterocycles. The molecule has 0 spiro atoms. The summed E-state index contributed by atoms with van der Waals surface area (Å²) in [6.45, 7) is 2.45. The van der Waals surface area contributed by atoms with Crippen LogP contribution in [-0.4, -0.2) is 33.9 Å². The molecule has 25 heavy (non-hydrogen) atoms. The number of hydrogen-bond donors (Lipinski definition) is 1. The van der Waals surface area contributed by atoms with Crippen LogP contribution in [0, 0.1) is 12.3 Å². The van der Waals surface area contributed by atoms with Gasteiger partial charge < -0.3 is 10.5 Å². The van der Waals surface area contributed by atoms with Gasteiger partial charge in [0.15, 0.2) is 9.84 Å². The van der Waals surface area contributed by atoms with Crippen molar-refractivity contribution in [1.29, 1.82) is 0 Å². The third kappa shape index (κ3) is 3.10. The van der Waals surface area contributed by atoms with Gasteiger partial charge in [-0.2, -0.15) is 0 Å². The van der Waals surface area contributed by atoms with Crippen molar-refractivity contribution < 1.29 is 13.2 Å². The first-order chi connectivity index (χ1) is 11.9. The maximum Gasteiger partial charge on any atom is 0.182 e. The average Bonchev–Trinajstić information content (AvgIpc) is 3.26. The summed E-state index contributed by atoms with van der Waals surface area (Å²) in [5.41, 5.74) is 7.30. The van der Waals surface area contributed by atoms with Crippen molar-refractivity contribution in [2.45, 2.75) is 23.0 Å². The summed E-state index contributed by atoms with van der Waals surface area (Å²) in [6.07, 6.45) is 0. The molecule has 4 nitrogen and oxygen atoms in total. The summed E-state index contributed by atoms with van der Waals surface area (Å²) in [6, 6.07) is 14.3. The Balaban J connectivity index is 2.07. The number of hydrogen-bond acceptors (Lipinski definition) is 4. The van der Waals surface area contributed by atoms with E-state index in [-0.39, 0.29) is 19.1 Å². The third-order valence-corrected chi connectivity index (χ3v) is 7.64. The topological polar surface area (TPSA) is 69.4 Å². The van der Waals surface area contributed by atoms with E-state index in [4.69, 9.17) is 22.1 Å². The molecule has 0 aromatic heterocycles. The number of benzene rings is 2. The minimum absolute atomic E-state index is 0.230. The Morgan fingerprint density at radius 2 is 1.88 bits per heavy atom. The minimum Gasteiger partial charge on any atom is -0.384 e. The van der Waals surface area contributed by atoms with E-state index in [1.165, 1.54) is 0 Å². The van der Waals surface area contributed by atoms with Crippen LogP contribution in [0.3, 0.4) is 0 Å². The lowest BCUT2D eigenvalue weighted by atomic mass is 10.00. The Hall–Kier alpha value is -1.40. The molecule has 1 fully saturated rings. The fourth-order valence-corrected chi connectivity index (χ4v) is 6.41. The van der Waals surface area contributed by atoms with Gasteiger partial charge in [0.25, 0.3) is 0 Å². The van der Waals surface area contributed by atoms with Gasteiger partial charge in [-0.1, -0.05) is 41.4 Å². The van der Waals surface area contributed by atoms with Crippen LogP contribution in [0.4, 0.5) is 0 Å². The largest absolute Gasteiger partial charge is 0.384 e. The Bertz CT molecular complexity index is 866. The second-order valence-corrected chi connectivity index (χ2v) is 9.19. The van der Waals surface area contributed by atoms with Gasteiger partial charge in [-0.3, -0.25) is 0 Å². The smallest absolute Gasteiger partial charge is 0.182 e. The summed E-state index contributed by atoms with van der Waals surface area (Å²) in [7, 11) is -1.97. The molecular weight excluding hydrogens is 358 g/mol. The number of ether oxygens (including phenoxy) is 1. The molecule has 0 amide bonds. The first kappa shape index (κ1) is 18.4. The quantitative estimate of drug-likeness (QED) is 0.836. The van der Waals surface area contributed by atoms with Crippen LogP contribution in [0.25, 0.3) is 0 Å². The van der Waals surface area contributed by atoms with E-state index in [0.717, 1.165) is 11.1 Å². The maximum atomic E-state index is 13.3. The van der Waals surface area contributed by atoms with Crippen LogP contribution in [0.1, 0.15) is 17.0 Å². The van der Waals surface area contributed by atoms with Crippen LogP contribution in [0.2, 0.25) is 5.02 Å². The Morgan fingerprint density at radius 1 is 1.20 bits per heavy atom. The molecule has 2 aromatic rings. The van der Waals surface area contributed by atoms with Crippen molar-refractivity contribution in [2.24, 2.45) is 11.1 Å². The van der Waals surface area contributed by atoms with Gasteiger partial charge >= 0.3 is 0 Å². The normalized spacial score (nSPS) is 25.8. The van der Waals surface area contributed by atoms with Crippen molar-refractivity contribution in [2.75, 3.05) is 20.3 Å². The fourth-order valence-electron chi connectivity index (χ4n) is 3.77. The lowest BCUT2D eigenvalue weighted by Gasteiger charge is -2.15. The zero-order chi connectivity index (χ0) is 18.2. The summed E-state index contributed by atoms with van der Waals surface area (Å²) in [5, 5.41) is -0.0367. The van der Waals surface area contributed by atoms with Crippen LogP contribution in [0.15, 0.2) is 53.4 Å². The molecular formula is C19H22ClNO3S. The predicted molar refractivity (Wildman–Crippen MR) is 99.7 cm³/mol. The second-order valence-electron chi connectivity index (χ2n) is 6.68. The van der Waals surface area contributed by atoms with Crippen molar-refractivity contribution >= 4 is 21.4 Å². The van der Waals surface area contributed by atoms with Gasteiger partial charge in [-0.15, -0.1) is 0 Å². The molecule has 134 valence electrons. The van der Waals surface area contributed by atoms with E-state index >= 15 is 0 Å². The van der Waals surface area contributed by atoms with Crippen LogP contribution >= 0.6 is 11.6 Å². The van der Waals surface area contributed by atoms with E-state index in [1.54, 1.807) is 25.3 Å². The number of sulfone groups is 1. The Labute approximate surface area is 153 Å². The molecule has 0 unspecified atom stereocenters. The Kier molecular flexibility index (Phi) is 4.95. The van der Waals surface area contributed by atoms with Crippen molar-refractivity contribution in [1.82, 2.24) is 0 Å². The molecule has 2 aromatic carbocycles. The first-order valence-corrected chi connectivity index (χ1v) is 10.0. The highest BCUT2D eigenvalue weighted by Gasteiger charge is 2.70. The second kappa shape index (κ2) is 6.72. The minimum atomic E-state index is -3.54. The zero-order valence-electron chi connectivity index (χ0n) is 14.3. The monoisotopic (exact) mass is 379 g/mol. The molecule has 0 radical (unpaired) electrons. The van der Waals surface area contributed by atoms with Crippen molar-refractivity contribution in [3.8, 4) is 0 Å². The molecule has 2 N–H and O–H groups in total. The number of nitrogens with two attached hydrogens (primary N) is 1. The van der Waals surface area contributed by atoms with Gasteiger partial charge in [0.1, 0.15) is 0 Å². The molecule has 3 rings (SSSR count). The van der Waals surface area contributed by atoms with Gasteiger partial charge in [0, 0.05) is 30.0 Å². The maximum absolute atomic E-state index is 13.3. The Morgan fingerprint density at radius 3 is 2.44 bits per heavy atom. The van der Waals surface area contributed by atoms with Crippen LogP contribution < -0.4 is 5.73 Å². The summed E-state index contributed by atoms with van der Waals surface area (Å²) in [4.78, 5) is 0.321. The molecule has 1 saturated carbocycles. The highest BCUT2D eigenvalue weighted by Crippen LogP contribution is 2.63. The van der Waals surface area contributed by atoms with Gasteiger partial charge in [-0.05, 0) is 36.8 Å². The number of aryl methyl sites for hydroxylation is 1. The summed E-state index contributed by atoms with van der Waals surface area (Å²) >= 11 is 6.11. The molecule has 1 aliphatic carbocycles. The van der Waals surface area contributed by atoms with E-state index < -0.39 is 20.5 Å². The van der Waals surface area contributed by atoms with E-state index in [9.17, 15) is 8.42 Å². The number of methoxy groups -OCH3 is 1. The SMILES string of the molecule is COC[C@@]1(CN)[C@H](S(=O)(=O)c2ccc(C)cc2)[C@@H]1c1cccc(Cl)c1. The van der Waals surface area contributed by atoms with Crippen LogP contribution in [0.5, 0.6) is 0 Å². The van der Waals surface area contributed by atoms with Gasteiger partial charge in [-0.25, -0.2) is 8.42 Å². The molecule has 6 heteroatoms. The summed E-state index contributed by atoms with van der Waals surface area (Å²) in [5.74, 6) is -0.234. The fraction of sp³-hybridized carbons (Fsp3) is 0.368. The predicted octanol–water partition coefficient (Wildman–Crippen LogP) is 3.18. The van der Waals surface area contributed by atoms with Gasteiger partial charge in [0.2, 0.25) is 0 Å². The van der Waals surface area contributed by atoms with E-state index in [2.05, 4.69) is 0 Å².